The van der Waals surface area contributed by atoms with Crippen molar-refractivity contribution >= 4 is 17.3 Å². The maximum atomic E-state index is 12.1. The van der Waals surface area contributed by atoms with Crippen LogP contribution in [0.3, 0.4) is 0 Å². The lowest BCUT2D eigenvalue weighted by Crippen LogP contribution is -2.21. The molecule has 0 fully saturated rings. The summed E-state index contributed by atoms with van der Waals surface area (Å²) in [5, 5.41) is 5.91. The van der Waals surface area contributed by atoms with E-state index < -0.39 is 0 Å². The number of carbonyl (C=O) groups excluding carboxylic acids is 1. The average Bonchev–Trinajstić information content (AvgIpc) is 2.70. The molecule has 0 saturated carbocycles. The molecule has 6 nitrogen and oxygen atoms in total. The first kappa shape index (κ1) is 20.3. The molecule has 0 aliphatic rings. The summed E-state index contributed by atoms with van der Waals surface area (Å²) in [6, 6.07) is 14.6. The molecule has 27 heavy (non-hydrogen) atoms. The Kier molecular flexibility index (Phi) is 8.73. The number of anilines is 2. The predicted octanol–water partition coefficient (Wildman–Crippen LogP) is 3.72. The van der Waals surface area contributed by atoms with Crippen LogP contribution in [0.1, 0.15) is 6.92 Å². The number of hydrogen-bond acceptors (Lipinski definition) is 5. The third-order valence-corrected chi connectivity index (χ3v) is 3.51. The summed E-state index contributed by atoms with van der Waals surface area (Å²) in [5.74, 6) is 1.37. The monoisotopic (exact) mass is 370 g/mol. The largest absolute Gasteiger partial charge is 0.491 e. The maximum absolute atomic E-state index is 12.1. The molecule has 2 rings (SSSR count). The molecule has 1 amide bonds. The van der Waals surface area contributed by atoms with Crippen molar-refractivity contribution in [1.29, 1.82) is 0 Å². The smallest absolute Gasteiger partial charge is 0.243 e. The number of carbonyl (C=O) groups is 1. The Bertz CT molecular complexity index is 699. The van der Waals surface area contributed by atoms with Crippen LogP contribution in [0.4, 0.5) is 11.4 Å². The van der Waals surface area contributed by atoms with Gasteiger partial charge in [-0.15, -0.1) is 0 Å². The molecule has 6 heteroatoms. The third-order valence-electron chi connectivity index (χ3n) is 3.51. The lowest BCUT2D eigenvalue weighted by molar-refractivity contribution is -0.114. The molecule has 0 unspecified atom stereocenters. The summed E-state index contributed by atoms with van der Waals surface area (Å²) in [6.45, 7) is 7.93. The number of rotatable bonds is 12. The first-order valence-corrected chi connectivity index (χ1v) is 8.89. The Morgan fingerprint density at radius 1 is 0.963 bits per heavy atom. The Hall–Kier alpha value is -2.99. The Morgan fingerprint density at radius 2 is 1.59 bits per heavy atom. The van der Waals surface area contributed by atoms with E-state index >= 15 is 0 Å². The van der Waals surface area contributed by atoms with Gasteiger partial charge in [-0.05, 0) is 55.5 Å². The lowest BCUT2D eigenvalue weighted by Gasteiger charge is -2.10. The van der Waals surface area contributed by atoms with E-state index in [0.29, 0.717) is 32.1 Å². The van der Waals surface area contributed by atoms with Crippen LogP contribution < -0.4 is 20.1 Å². The maximum Gasteiger partial charge on any atom is 0.243 e. The SMILES string of the molecule is C=CCOc1ccc(NC(=O)CNc2ccc(OCCOCC)cc2)cc1. The molecule has 2 N–H and O–H groups in total. The molecule has 0 saturated heterocycles. The molecule has 144 valence electrons. The first-order valence-electron chi connectivity index (χ1n) is 8.89. The molecule has 0 bridgehead atoms. The van der Waals surface area contributed by atoms with Crippen molar-refractivity contribution in [2.45, 2.75) is 6.92 Å². The highest BCUT2D eigenvalue weighted by molar-refractivity contribution is 5.93. The van der Waals surface area contributed by atoms with Gasteiger partial charge in [0.25, 0.3) is 0 Å². The highest BCUT2D eigenvalue weighted by Gasteiger charge is 2.03. The second-order valence-electron chi connectivity index (χ2n) is 5.60. The summed E-state index contributed by atoms with van der Waals surface area (Å²) in [4.78, 5) is 12.1. The van der Waals surface area contributed by atoms with Crippen LogP contribution in [0.5, 0.6) is 11.5 Å². The quantitative estimate of drug-likeness (QED) is 0.440. The summed E-state index contributed by atoms with van der Waals surface area (Å²) in [6.07, 6.45) is 1.68. The number of amides is 1. The molecule has 2 aromatic carbocycles. The van der Waals surface area contributed by atoms with Gasteiger partial charge < -0.3 is 24.8 Å². The molecule has 0 heterocycles. The zero-order valence-electron chi connectivity index (χ0n) is 15.6. The molecule has 0 aliphatic carbocycles. The van der Waals surface area contributed by atoms with Gasteiger partial charge in [0.1, 0.15) is 24.7 Å². The minimum Gasteiger partial charge on any atom is -0.491 e. The highest BCUT2D eigenvalue weighted by atomic mass is 16.5. The topological polar surface area (TPSA) is 68.8 Å². The summed E-state index contributed by atoms with van der Waals surface area (Å²) in [5.41, 5.74) is 1.56. The summed E-state index contributed by atoms with van der Waals surface area (Å²) >= 11 is 0. The summed E-state index contributed by atoms with van der Waals surface area (Å²) in [7, 11) is 0. The molecule has 0 atom stereocenters. The van der Waals surface area contributed by atoms with Crippen molar-refractivity contribution < 1.29 is 19.0 Å². The number of ether oxygens (including phenoxy) is 3. The van der Waals surface area contributed by atoms with Crippen molar-refractivity contribution in [2.75, 3.05) is 43.6 Å². The van der Waals surface area contributed by atoms with Crippen molar-refractivity contribution in [3.05, 3.63) is 61.2 Å². The second kappa shape index (κ2) is 11.6. The van der Waals surface area contributed by atoms with Gasteiger partial charge in [-0.3, -0.25) is 4.79 Å². The van der Waals surface area contributed by atoms with E-state index in [0.717, 1.165) is 17.2 Å². The van der Waals surface area contributed by atoms with E-state index in [1.165, 1.54) is 0 Å². The molecule has 0 aromatic heterocycles. The normalized spacial score (nSPS) is 10.1. The van der Waals surface area contributed by atoms with Crippen LogP contribution in [0, 0.1) is 0 Å². The Morgan fingerprint density at radius 3 is 2.22 bits per heavy atom. The molecule has 0 aliphatic heterocycles. The Labute approximate surface area is 160 Å². The fourth-order valence-corrected chi connectivity index (χ4v) is 2.21. The predicted molar refractivity (Wildman–Crippen MR) is 108 cm³/mol. The minimum absolute atomic E-state index is 0.133. The van der Waals surface area contributed by atoms with E-state index in [-0.39, 0.29) is 12.5 Å². The van der Waals surface area contributed by atoms with Gasteiger partial charge in [0.15, 0.2) is 0 Å². The molecule has 0 spiro atoms. The van der Waals surface area contributed by atoms with Gasteiger partial charge in [-0.25, -0.2) is 0 Å². The lowest BCUT2D eigenvalue weighted by atomic mass is 10.3. The van der Waals surface area contributed by atoms with Crippen molar-refractivity contribution in [3.8, 4) is 11.5 Å². The second-order valence-corrected chi connectivity index (χ2v) is 5.60. The van der Waals surface area contributed by atoms with E-state index in [2.05, 4.69) is 17.2 Å². The van der Waals surface area contributed by atoms with Crippen molar-refractivity contribution in [3.63, 3.8) is 0 Å². The minimum atomic E-state index is -0.133. The van der Waals surface area contributed by atoms with E-state index in [4.69, 9.17) is 14.2 Å². The Balaban J connectivity index is 1.72. The van der Waals surface area contributed by atoms with Gasteiger partial charge in [-0.2, -0.15) is 0 Å². The van der Waals surface area contributed by atoms with Crippen LogP contribution in [0.2, 0.25) is 0 Å². The van der Waals surface area contributed by atoms with Crippen molar-refractivity contribution in [1.82, 2.24) is 0 Å². The van der Waals surface area contributed by atoms with E-state index in [1.807, 2.05) is 31.2 Å². The fraction of sp³-hybridized carbons (Fsp3) is 0.286. The molecular formula is C21H26N2O4. The fourth-order valence-electron chi connectivity index (χ4n) is 2.21. The van der Waals surface area contributed by atoms with Crippen LogP contribution in [-0.2, 0) is 9.53 Å². The van der Waals surface area contributed by atoms with Crippen LogP contribution >= 0.6 is 0 Å². The number of benzene rings is 2. The number of hydrogen-bond donors (Lipinski definition) is 2. The molecular weight excluding hydrogens is 344 g/mol. The van der Waals surface area contributed by atoms with Gasteiger partial charge in [-0.1, -0.05) is 12.7 Å². The van der Waals surface area contributed by atoms with Gasteiger partial charge in [0.2, 0.25) is 5.91 Å². The average molecular weight is 370 g/mol. The van der Waals surface area contributed by atoms with E-state index in [1.54, 1.807) is 30.3 Å². The first-order chi connectivity index (χ1) is 13.2. The van der Waals surface area contributed by atoms with Crippen LogP contribution in [0.25, 0.3) is 0 Å². The molecule has 0 radical (unpaired) electrons. The van der Waals surface area contributed by atoms with Gasteiger partial charge in [0, 0.05) is 18.0 Å². The van der Waals surface area contributed by atoms with Gasteiger partial charge in [0.05, 0.1) is 13.2 Å². The summed E-state index contributed by atoms with van der Waals surface area (Å²) < 4.78 is 16.2. The zero-order valence-corrected chi connectivity index (χ0v) is 15.6. The van der Waals surface area contributed by atoms with E-state index in [9.17, 15) is 4.79 Å². The standard InChI is InChI=1S/C21H26N2O4/c1-3-13-26-19-11-7-18(8-12-19)23-21(24)16-22-17-5-9-20(10-6-17)27-15-14-25-4-2/h3,5-12,22H,1,4,13-16H2,2H3,(H,23,24). The van der Waals surface area contributed by atoms with Crippen LogP contribution in [-0.4, -0.2) is 38.9 Å². The molecule has 2 aromatic rings. The van der Waals surface area contributed by atoms with Crippen LogP contribution in [0.15, 0.2) is 61.2 Å². The third kappa shape index (κ3) is 7.83. The highest BCUT2D eigenvalue weighted by Crippen LogP contribution is 2.17. The zero-order chi connectivity index (χ0) is 19.3. The van der Waals surface area contributed by atoms with Crippen molar-refractivity contribution in [2.24, 2.45) is 0 Å². The van der Waals surface area contributed by atoms with Gasteiger partial charge >= 0.3 is 0 Å². The number of nitrogens with one attached hydrogen (secondary N) is 2.